The van der Waals surface area contributed by atoms with Gasteiger partial charge in [0.2, 0.25) is 0 Å². The molecular weight excluding hydrogens is 932 g/mol. The highest BCUT2D eigenvalue weighted by atomic mass is 79.9. The molecule has 5 aromatic carbocycles. The Balaban J connectivity index is 1.73. The van der Waals surface area contributed by atoms with E-state index in [4.69, 9.17) is 0 Å². The molecule has 2 amide bonds. The van der Waals surface area contributed by atoms with E-state index in [2.05, 4.69) is 26.6 Å². The molecule has 22 heteroatoms. The van der Waals surface area contributed by atoms with Gasteiger partial charge in [0, 0.05) is 21.2 Å². The second kappa shape index (κ2) is 17.6. The van der Waals surface area contributed by atoms with Gasteiger partial charge in [0.05, 0.1) is 46.8 Å². The number of Topliss-reactive ketones (excluding diaryl/α,β-unsaturated/α-hetero) is 2. The zero-order chi connectivity index (χ0) is 46.1. The second-order valence-electron chi connectivity index (χ2n) is 12.8. The molecule has 0 aliphatic carbocycles. The highest BCUT2D eigenvalue weighted by Crippen LogP contribution is 2.59. The molecule has 62 heavy (non-hydrogen) atoms. The van der Waals surface area contributed by atoms with Crippen LogP contribution in [0.25, 0.3) is 0 Å². The highest BCUT2D eigenvalue weighted by molar-refractivity contribution is 9.10. The van der Waals surface area contributed by atoms with Crippen molar-refractivity contribution < 1.29 is 80.6 Å². The number of hydrogen-bond donors (Lipinski definition) is 2. The summed E-state index contributed by atoms with van der Waals surface area (Å²) in [6.45, 7) is -1.71. The Bertz CT molecular complexity index is 2410. The molecule has 0 spiro atoms. The summed E-state index contributed by atoms with van der Waals surface area (Å²) in [4.78, 5) is 52.9. The van der Waals surface area contributed by atoms with Crippen molar-refractivity contribution in [2.24, 2.45) is 0 Å². The molecular formula is C40H22BrF14N3O4. The van der Waals surface area contributed by atoms with E-state index in [0.29, 0.717) is 12.1 Å². The number of imide groups is 1. The number of alkyl halides is 10. The third-order valence-corrected chi connectivity index (χ3v) is 9.52. The molecule has 0 fully saturated rings. The van der Waals surface area contributed by atoms with Gasteiger partial charge in [-0.2, -0.15) is 39.5 Å². The van der Waals surface area contributed by atoms with Gasteiger partial charge in [-0.25, -0.2) is 26.9 Å². The fraction of sp³-hybridized carbons (Fsp3) is 0.150. The molecule has 2 N–H and O–H groups in total. The number of carbonyl (C=O) groups is 4. The first-order valence-electron chi connectivity index (χ1n) is 17.0. The van der Waals surface area contributed by atoms with E-state index in [9.17, 15) is 67.5 Å². The molecule has 5 aromatic rings. The Hall–Kier alpha value is -6.32. The number of benzene rings is 5. The highest BCUT2D eigenvalue weighted by Gasteiger charge is 2.75. The summed E-state index contributed by atoms with van der Waals surface area (Å²) in [7, 11) is 0. The van der Waals surface area contributed by atoms with Gasteiger partial charge in [-0.1, -0.05) is 28.1 Å². The molecule has 7 nitrogen and oxygen atoms in total. The molecule has 0 saturated carbocycles. The number of rotatable bonds is 12. The Kier molecular flexibility index (Phi) is 13.3. The Morgan fingerprint density at radius 2 is 0.919 bits per heavy atom. The Labute approximate surface area is 347 Å². The molecule has 5 rings (SSSR count). The van der Waals surface area contributed by atoms with Crippen LogP contribution in [0.5, 0.6) is 0 Å². The van der Waals surface area contributed by atoms with Crippen molar-refractivity contribution in [3.63, 3.8) is 0 Å². The summed E-state index contributed by atoms with van der Waals surface area (Å²) >= 11 is 2.18. The minimum atomic E-state index is -7.21. The van der Waals surface area contributed by atoms with Crippen LogP contribution in [-0.2, 0) is 11.8 Å². The summed E-state index contributed by atoms with van der Waals surface area (Å²) in [5, 5.41) is 4.40. The summed E-state index contributed by atoms with van der Waals surface area (Å²) in [6, 6.07) is 11.1. The van der Waals surface area contributed by atoms with Gasteiger partial charge in [0.1, 0.15) is 11.6 Å². The lowest BCUT2D eigenvalue weighted by atomic mass is 9.89. The Morgan fingerprint density at radius 3 is 1.27 bits per heavy atom. The maximum Gasteiger partial charge on any atom is 0.436 e. The summed E-state index contributed by atoms with van der Waals surface area (Å²) < 4.78 is 204. The predicted octanol–water partition coefficient (Wildman–Crippen LogP) is 11.4. The van der Waals surface area contributed by atoms with E-state index in [1.165, 1.54) is 0 Å². The maximum atomic E-state index is 16.2. The van der Waals surface area contributed by atoms with Gasteiger partial charge in [-0.05, 0) is 84.9 Å². The fourth-order valence-electron chi connectivity index (χ4n) is 5.83. The standard InChI is InChI=1S/C40H22BrF14N3O4/c41-26-16-15-25(38(47,48)49)34(31(26)37(46,39(50,51)52)40(53,54)55)58(35(61)23-3-1-5-27(32(23)44)56-17-29(59)19-7-11-21(42)12-8-19)36(62)24-4-2-6-28(33(24)45)57-18-30(60)20-9-13-22(43)14-10-20/h1-16,56-57H,17-18H2. The van der Waals surface area contributed by atoms with Crippen molar-refractivity contribution in [3.8, 4) is 0 Å². The zero-order valence-corrected chi connectivity index (χ0v) is 32.0. The first-order chi connectivity index (χ1) is 28.8. The van der Waals surface area contributed by atoms with Gasteiger partial charge in [0.15, 0.2) is 23.2 Å². The van der Waals surface area contributed by atoms with Crippen LogP contribution >= 0.6 is 15.9 Å². The van der Waals surface area contributed by atoms with E-state index < -0.39 is 133 Å². The lowest BCUT2D eigenvalue weighted by Crippen LogP contribution is -2.52. The van der Waals surface area contributed by atoms with Crippen molar-refractivity contribution in [3.05, 3.63) is 158 Å². The van der Waals surface area contributed by atoms with Gasteiger partial charge >= 0.3 is 24.2 Å². The largest absolute Gasteiger partial charge is 0.436 e. The molecule has 0 aliphatic heterocycles. The van der Waals surface area contributed by atoms with Gasteiger partial charge < -0.3 is 10.6 Å². The van der Waals surface area contributed by atoms with Crippen LogP contribution in [-0.4, -0.2) is 48.8 Å². The molecule has 0 atom stereocenters. The van der Waals surface area contributed by atoms with Gasteiger partial charge in [-0.15, -0.1) is 0 Å². The predicted molar refractivity (Wildman–Crippen MR) is 196 cm³/mol. The number of nitrogens with one attached hydrogen (secondary N) is 2. The van der Waals surface area contributed by atoms with E-state index in [0.717, 1.165) is 72.8 Å². The fourth-order valence-corrected chi connectivity index (χ4v) is 6.42. The molecule has 0 bridgehead atoms. The van der Waals surface area contributed by atoms with Crippen LogP contribution in [0.2, 0.25) is 0 Å². The number of anilines is 3. The number of halogens is 15. The van der Waals surface area contributed by atoms with Gasteiger partial charge in [0.25, 0.3) is 11.8 Å². The molecule has 326 valence electrons. The van der Waals surface area contributed by atoms with E-state index in [-0.39, 0.29) is 23.3 Å². The lowest BCUT2D eigenvalue weighted by Gasteiger charge is -2.36. The summed E-state index contributed by atoms with van der Waals surface area (Å²) in [6.07, 6.45) is -20.6. The number of ketones is 2. The smallest absolute Gasteiger partial charge is 0.375 e. The van der Waals surface area contributed by atoms with E-state index in [1.54, 1.807) is 0 Å². The third kappa shape index (κ3) is 9.28. The van der Waals surface area contributed by atoms with Crippen LogP contribution in [0, 0.1) is 23.3 Å². The number of nitrogens with zero attached hydrogens (tertiary/aromatic N) is 1. The molecule has 0 radical (unpaired) electrons. The first kappa shape index (κ1) is 46.7. The minimum absolute atomic E-state index is 0.104. The SMILES string of the molecule is O=C(CNc1cccc(C(=O)N(C(=O)c2cccc(NCC(=O)c3ccc(F)cc3)c2F)c2c(C(F)(F)F)ccc(Br)c2C(F)(C(F)(F)F)C(F)(F)F)c1F)c1ccc(F)cc1. The van der Waals surface area contributed by atoms with Gasteiger partial charge in [-0.3, -0.25) is 19.2 Å². The van der Waals surface area contributed by atoms with Crippen LogP contribution in [0.1, 0.15) is 52.6 Å². The molecule has 0 aliphatic rings. The number of hydrogen-bond acceptors (Lipinski definition) is 6. The van der Waals surface area contributed by atoms with Crippen LogP contribution in [0.4, 0.5) is 78.5 Å². The molecule has 0 saturated heterocycles. The Morgan fingerprint density at radius 1 is 0.532 bits per heavy atom. The van der Waals surface area contributed by atoms with Crippen molar-refractivity contribution in [1.82, 2.24) is 0 Å². The van der Waals surface area contributed by atoms with Crippen LogP contribution in [0.15, 0.2) is 102 Å². The lowest BCUT2D eigenvalue weighted by molar-refractivity contribution is -0.348. The third-order valence-electron chi connectivity index (χ3n) is 8.86. The van der Waals surface area contributed by atoms with Crippen LogP contribution in [0.3, 0.4) is 0 Å². The molecule has 0 heterocycles. The normalized spacial score (nSPS) is 12.2. The van der Waals surface area contributed by atoms with Crippen molar-refractivity contribution >= 4 is 56.4 Å². The maximum absolute atomic E-state index is 16.2. The zero-order valence-electron chi connectivity index (χ0n) is 30.4. The average Bonchev–Trinajstić information content (AvgIpc) is 3.18. The van der Waals surface area contributed by atoms with Crippen LogP contribution < -0.4 is 15.5 Å². The number of amides is 2. The van der Waals surface area contributed by atoms with Crippen molar-refractivity contribution in [2.75, 3.05) is 28.6 Å². The van der Waals surface area contributed by atoms with E-state index >= 15 is 13.2 Å². The monoisotopic (exact) mass is 953 g/mol. The minimum Gasteiger partial charge on any atom is -0.375 e. The second-order valence-corrected chi connectivity index (χ2v) is 13.7. The summed E-state index contributed by atoms with van der Waals surface area (Å²) in [5.41, 5.74) is -20.7. The molecule has 0 unspecified atom stereocenters. The average molecular weight is 955 g/mol. The number of carbonyl (C=O) groups excluding carboxylic acids is 4. The summed E-state index contributed by atoms with van der Waals surface area (Å²) in [5.74, 6) is -12.0. The van der Waals surface area contributed by atoms with Crippen molar-refractivity contribution in [2.45, 2.75) is 24.2 Å². The topological polar surface area (TPSA) is 95.6 Å². The molecule has 0 aromatic heterocycles. The quantitative estimate of drug-likeness (QED) is 0.0735. The first-order valence-corrected chi connectivity index (χ1v) is 17.8. The van der Waals surface area contributed by atoms with E-state index in [1.807, 2.05) is 0 Å². The van der Waals surface area contributed by atoms with Crippen molar-refractivity contribution in [1.29, 1.82) is 0 Å².